The zero-order chi connectivity index (χ0) is 32.9. The average Bonchev–Trinajstić information content (AvgIpc) is 3.13. The Morgan fingerprint density at radius 3 is 1.21 bits per heavy atom. The second kappa shape index (κ2) is 13.5. The summed E-state index contributed by atoms with van der Waals surface area (Å²) < 4.78 is 0. The second-order valence-electron chi connectivity index (χ2n) is 13.2. The van der Waals surface area contributed by atoms with Crippen molar-refractivity contribution in [2.75, 3.05) is 9.80 Å². The molecule has 0 spiro atoms. The SMILES string of the molecule is CC(C)(C)c1ccc(N(c2ccccc2)c2ccc(/C=C/c3ccc(N(c4ccccc4)c4ccc5ccccc5c4)cc3)cc2)cc1. The highest BCUT2D eigenvalue weighted by Gasteiger charge is 2.16. The van der Waals surface area contributed by atoms with E-state index in [9.17, 15) is 0 Å². The second-order valence-corrected chi connectivity index (χ2v) is 13.2. The number of fused-ring (bicyclic) bond motifs is 1. The Morgan fingerprint density at radius 2 is 0.729 bits per heavy atom. The largest absolute Gasteiger partial charge is 0.311 e. The molecule has 0 aliphatic heterocycles. The maximum atomic E-state index is 2.31. The van der Waals surface area contributed by atoms with Gasteiger partial charge in [-0.3, -0.25) is 0 Å². The Labute approximate surface area is 284 Å². The molecule has 7 rings (SSSR count). The number of nitrogens with zero attached hydrogens (tertiary/aromatic N) is 2. The predicted molar refractivity (Wildman–Crippen MR) is 207 cm³/mol. The van der Waals surface area contributed by atoms with Crippen LogP contribution in [0.25, 0.3) is 22.9 Å². The maximum Gasteiger partial charge on any atom is 0.0468 e. The van der Waals surface area contributed by atoms with Crippen LogP contribution in [0.15, 0.2) is 176 Å². The van der Waals surface area contributed by atoms with Crippen molar-refractivity contribution in [1.29, 1.82) is 0 Å². The van der Waals surface area contributed by atoms with Crippen molar-refractivity contribution >= 4 is 57.0 Å². The first-order chi connectivity index (χ1) is 23.4. The van der Waals surface area contributed by atoms with Gasteiger partial charge in [-0.1, -0.05) is 136 Å². The van der Waals surface area contributed by atoms with Crippen molar-refractivity contribution < 1.29 is 0 Å². The van der Waals surface area contributed by atoms with E-state index >= 15 is 0 Å². The lowest BCUT2D eigenvalue weighted by molar-refractivity contribution is 0.590. The summed E-state index contributed by atoms with van der Waals surface area (Å²) in [5, 5.41) is 2.47. The molecule has 0 amide bonds. The zero-order valence-electron chi connectivity index (χ0n) is 27.8. The van der Waals surface area contributed by atoms with Gasteiger partial charge in [-0.05, 0) is 106 Å². The molecule has 7 aromatic rings. The molecule has 7 aromatic carbocycles. The summed E-state index contributed by atoms with van der Waals surface area (Å²) in [6.45, 7) is 6.76. The highest BCUT2D eigenvalue weighted by atomic mass is 15.1. The van der Waals surface area contributed by atoms with Crippen molar-refractivity contribution in [3.63, 3.8) is 0 Å². The monoisotopic (exact) mass is 620 g/mol. The Kier molecular flexibility index (Phi) is 8.64. The van der Waals surface area contributed by atoms with Gasteiger partial charge in [0.15, 0.2) is 0 Å². The van der Waals surface area contributed by atoms with Gasteiger partial charge in [-0.2, -0.15) is 0 Å². The van der Waals surface area contributed by atoms with Gasteiger partial charge < -0.3 is 9.80 Å². The molecular formula is C46H40N2. The molecule has 0 bridgehead atoms. The van der Waals surface area contributed by atoms with Gasteiger partial charge in [0, 0.05) is 34.1 Å². The number of rotatable bonds is 8. The Morgan fingerprint density at radius 1 is 0.354 bits per heavy atom. The zero-order valence-corrected chi connectivity index (χ0v) is 27.8. The first-order valence-corrected chi connectivity index (χ1v) is 16.6. The third-order valence-electron chi connectivity index (χ3n) is 8.78. The van der Waals surface area contributed by atoms with E-state index in [0.717, 1.165) is 45.3 Å². The van der Waals surface area contributed by atoms with Crippen LogP contribution in [0.1, 0.15) is 37.5 Å². The van der Waals surface area contributed by atoms with Crippen molar-refractivity contribution in [3.05, 3.63) is 193 Å². The van der Waals surface area contributed by atoms with Crippen LogP contribution < -0.4 is 9.80 Å². The van der Waals surface area contributed by atoms with Crippen molar-refractivity contribution in [1.82, 2.24) is 0 Å². The van der Waals surface area contributed by atoms with Crippen LogP contribution in [0.5, 0.6) is 0 Å². The number of anilines is 6. The smallest absolute Gasteiger partial charge is 0.0468 e. The first kappa shape index (κ1) is 30.8. The van der Waals surface area contributed by atoms with Gasteiger partial charge in [-0.25, -0.2) is 0 Å². The summed E-state index contributed by atoms with van der Waals surface area (Å²) in [7, 11) is 0. The van der Waals surface area contributed by atoms with Gasteiger partial charge in [-0.15, -0.1) is 0 Å². The summed E-state index contributed by atoms with van der Waals surface area (Å²) >= 11 is 0. The van der Waals surface area contributed by atoms with Gasteiger partial charge in [0.1, 0.15) is 0 Å². The number of hydrogen-bond acceptors (Lipinski definition) is 2. The summed E-state index contributed by atoms with van der Waals surface area (Å²) in [6.07, 6.45) is 4.37. The molecule has 0 aliphatic rings. The molecule has 0 aliphatic carbocycles. The van der Waals surface area contributed by atoms with E-state index in [0.29, 0.717) is 0 Å². The van der Waals surface area contributed by atoms with E-state index in [1.54, 1.807) is 0 Å². The molecule has 234 valence electrons. The minimum absolute atomic E-state index is 0.114. The molecule has 0 saturated heterocycles. The Hall–Kier alpha value is -5.86. The fraction of sp³-hybridized carbons (Fsp3) is 0.0870. The normalized spacial score (nSPS) is 11.6. The Bertz CT molecular complexity index is 2120. The van der Waals surface area contributed by atoms with Crippen LogP contribution in [0.3, 0.4) is 0 Å². The molecule has 0 aromatic heterocycles. The van der Waals surface area contributed by atoms with Crippen LogP contribution in [0.2, 0.25) is 0 Å². The number of para-hydroxylation sites is 2. The predicted octanol–water partition coefficient (Wildman–Crippen LogP) is 13.2. The molecule has 0 radical (unpaired) electrons. The minimum atomic E-state index is 0.114. The van der Waals surface area contributed by atoms with Gasteiger partial charge in [0.25, 0.3) is 0 Å². The highest BCUT2D eigenvalue weighted by Crippen LogP contribution is 2.37. The van der Waals surface area contributed by atoms with E-state index in [2.05, 4.69) is 219 Å². The van der Waals surface area contributed by atoms with E-state index in [-0.39, 0.29) is 5.41 Å². The standard InChI is InChI=1S/C46H40N2/c1-46(2,3)39-25-32-44(33-26-39)47(40-14-6-4-7-15-40)42-27-20-35(21-28-42)18-19-36-22-29-43(30-23-36)48(41-16-8-5-9-17-41)45-31-24-37-12-10-11-13-38(37)34-45/h4-34H,1-3H3/b19-18+. The topological polar surface area (TPSA) is 6.48 Å². The molecule has 48 heavy (non-hydrogen) atoms. The fourth-order valence-corrected chi connectivity index (χ4v) is 6.14. The summed E-state index contributed by atoms with van der Waals surface area (Å²) in [5.74, 6) is 0. The van der Waals surface area contributed by atoms with Crippen molar-refractivity contribution in [2.24, 2.45) is 0 Å². The molecule has 0 heterocycles. The summed E-state index contributed by atoms with van der Waals surface area (Å²) in [5.41, 5.74) is 10.5. The third-order valence-corrected chi connectivity index (χ3v) is 8.78. The lowest BCUT2D eigenvalue weighted by Gasteiger charge is -2.27. The van der Waals surface area contributed by atoms with Gasteiger partial charge in [0.2, 0.25) is 0 Å². The van der Waals surface area contributed by atoms with Crippen LogP contribution in [0.4, 0.5) is 34.1 Å². The fourth-order valence-electron chi connectivity index (χ4n) is 6.14. The Balaban J connectivity index is 1.13. The molecule has 2 nitrogen and oxygen atoms in total. The molecule has 0 unspecified atom stereocenters. The highest BCUT2D eigenvalue weighted by molar-refractivity contribution is 5.89. The molecule has 0 atom stereocenters. The van der Waals surface area contributed by atoms with Crippen LogP contribution in [0, 0.1) is 0 Å². The van der Waals surface area contributed by atoms with Crippen LogP contribution in [-0.4, -0.2) is 0 Å². The lowest BCUT2D eigenvalue weighted by Crippen LogP contribution is -2.13. The number of hydrogen-bond donors (Lipinski definition) is 0. The molecular weight excluding hydrogens is 581 g/mol. The molecule has 0 fully saturated rings. The van der Waals surface area contributed by atoms with E-state index in [1.165, 1.54) is 16.3 Å². The molecule has 0 saturated carbocycles. The summed E-state index contributed by atoms with van der Waals surface area (Å²) in [6, 6.07) is 62.8. The molecule has 0 N–H and O–H groups in total. The van der Waals surface area contributed by atoms with Gasteiger partial charge in [0.05, 0.1) is 0 Å². The van der Waals surface area contributed by atoms with Crippen molar-refractivity contribution in [2.45, 2.75) is 26.2 Å². The third kappa shape index (κ3) is 6.79. The van der Waals surface area contributed by atoms with E-state index in [1.807, 2.05) is 0 Å². The summed E-state index contributed by atoms with van der Waals surface area (Å²) in [4.78, 5) is 4.63. The van der Waals surface area contributed by atoms with E-state index < -0.39 is 0 Å². The number of benzene rings is 7. The van der Waals surface area contributed by atoms with Crippen LogP contribution >= 0.6 is 0 Å². The van der Waals surface area contributed by atoms with E-state index in [4.69, 9.17) is 0 Å². The lowest BCUT2D eigenvalue weighted by atomic mass is 9.87. The van der Waals surface area contributed by atoms with Crippen molar-refractivity contribution in [3.8, 4) is 0 Å². The van der Waals surface area contributed by atoms with Crippen LogP contribution in [-0.2, 0) is 5.41 Å². The molecule has 2 heteroatoms. The van der Waals surface area contributed by atoms with Gasteiger partial charge >= 0.3 is 0 Å². The minimum Gasteiger partial charge on any atom is -0.311 e. The average molecular weight is 621 g/mol. The first-order valence-electron chi connectivity index (χ1n) is 16.6. The quantitative estimate of drug-likeness (QED) is 0.156. The maximum absolute atomic E-state index is 2.31.